The fourth-order valence-electron chi connectivity index (χ4n) is 1.84. The lowest BCUT2D eigenvalue weighted by molar-refractivity contribution is -0.147. The van der Waals surface area contributed by atoms with Gasteiger partial charge in [0.1, 0.15) is 5.75 Å². The van der Waals surface area contributed by atoms with Gasteiger partial charge in [-0.2, -0.15) is 0 Å². The molecule has 0 aliphatic rings. The molecule has 112 valence electrons. The average molecular weight is 320 g/mol. The van der Waals surface area contributed by atoms with Gasteiger partial charge in [-0.1, -0.05) is 23.2 Å². The number of hydrogen-bond donors (Lipinski definition) is 2. The Morgan fingerprint density at radius 2 is 2.00 bits per heavy atom. The van der Waals surface area contributed by atoms with E-state index in [4.69, 9.17) is 38.8 Å². The van der Waals surface area contributed by atoms with Crippen LogP contribution in [0.3, 0.4) is 0 Å². The minimum Gasteiger partial charge on any atom is -0.492 e. The van der Waals surface area contributed by atoms with E-state index in [9.17, 15) is 4.79 Å². The summed E-state index contributed by atoms with van der Waals surface area (Å²) in [4.78, 5) is 11.1. The number of carboxylic acid groups (broad SMARTS) is 1. The summed E-state index contributed by atoms with van der Waals surface area (Å²) in [6.07, 6.45) is 0.256. The van der Waals surface area contributed by atoms with Crippen LogP contribution in [0.4, 0.5) is 0 Å². The van der Waals surface area contributed by atoms with E-state index in [2.05, 4.69) is 0 Å². The van der Waals surface area contributed by atoms with Crippen molar-refractivity contribution < 1.29 is 14.6 Å². The number of carboxylic acids is 1. The van der Waals surface area contributed by atoms with Gasteiger partial charge in [-0.05, 0) is 38.8 Å². The normalized spacial score (nSPS) is 13.1. The Balaban J connectivity index is 3.02. The van der Waals surface area contributed by atoms with Crippen LogP contribution in [-0.4, -0.2) is 17.7 Å². The molecule has 0 saturated carbocycles. The van der Waals surface area contributed by atoms with E-state index in [-0.39, 0.29) is 6.42 Å². The lowest BCUT2D eigenvalue weighted by Gasteiger charge is -2.24. The van der Waals surface area contributed by atoms with Crippen LogP contribution in [-0.2, 0) is 4.79 Å². The highest BCUT2D eigenvalue weighted by Gasteiger charge is 2.30. The van der Waals surface area contributed by atoms with Crippen molar-refractivity contribution >= 4 is 29.2 Å². The Hall–Kier alpha value is -0.970. The highest BCUT2D eigenvalue weighted by atomic mass is 35.5. The molecule has 1 rings (SSSR count). The first-order chi connectivity index (χ1) is 9.19. The van der Waals surface area contributed by atoms with Gasteiger partial charge in [-0.15, -0.1) is 0 Å². The lowest BCUT2D eigenvalue weighted by atomic mass is 9.84. The number of halogens is 2. The van der Waals surface area contributed by atoms with Crippen molar-refractivity contribution in [3.63, 3.8) is 0 Å². The van der Waals surface area contributed by atoms with E-state index < -0.39 is 17.4 Å². The van der Waals surface area contributed by atoms with Crippen molar-refractivity contribution in [3.05, 3.63) is 27.7 Å². The summed E-state index contributed by atoms with van der Waals surface area (Å²) in [6.45, 7) is 5.57. The molecule has 6 heteroatoms. The number of ether oxygens (including phenoxy) is 1. The Bertz CT molecular complexity index is 503. The molecule has 1 atom stereocenters. The van der Waals surface area contributed by atoms with Gasteiger partial charge in [0.05, 0.1) is 17.0 Å². The molecular weight excluding hydrogens is 301 g/mol. The van der Waals surface area contributed by atoms with Crippen LogP contribution in [0.5, 0.6) is 5.75 Å². The number of nitrogens with two attached hydrogens (primary N) is 1. The molecule has 1 aromatic rings. The number of rotatable bonds is 6. The SMILES string of the molecule is CCOc1cc(Cl)c(C(N)CC(C)(C)C(=O)O)cc1Cl. The Morgan fingerprint density at radius 1 is 1.40 bits per heavy atom. The molecular formula is C14H19Cl2NO3. The molecule has 0 heterocycles. The Morgan fingerprint density at radius 3 is 2.50 bits per heavy atom. The second-order valence-electron chi connectivity index (χ2n) is 5.24. The van der Waals surface area contributed by atoms with Crippen LogP contribution in [0.2, 0.25) is 10.0 Å². The maximum absolute atomic E-state index is 11.1. The van der Waals surface area contributed by atoms with Crippen LogP contribution in [0.15, 0.2) is 12.1 Å². The fraction of sp³-hybridized carbons (Fsp3) is 0.500. The molecule has 0 aliphatic carbocycles. The zero-order chi connectivity index (χ0) is 15.5. The second-order valence-corrected chi connectivity index (χ2v) is 6.05. The molecule has 20 heavy (non-hydrogen) atoms. The third-order valence-electron chi connectivity index (χ3n) is 3.06. The van der Waals surface area contributed by atoms with Gasteiger partial charge in [0.25, 0.3) is 0 Å². The quantitative estimate of drug-likeness (QED) is 0.834. The van der Waals surface area contributed by atoms with E-state index in [0.717, 1.165) is 0 Å². The molecule has 0 saturated heterocycles. The van der Waals surface area contributed by atoms with Crippen LogP contribution in [0.1, 0.15) is 38.8 Å². The Kier molecular flexibility index (Phi) is 5.68. The molecule has 1 aromatic carbocycles. The largest absolute Gasteiger partial charge is 0.492 e. The van der Waals surface area contributed by atoms with Crippen molar-refractivity contribution in [2.24, 2.45) is 11.1 Å². The predicted molar refractivity (Wildman–Crippen MR) is 80.6 cm³/mol. The van der Waals surface area contributed by atoms with E-state index >= 15 is 0 Å². The number of benzene rings is 1. The maximum Gasteiger partial charge on any atom is 0.309 e. The molecule has 0 amide bonds. The average Bonchev–Trinajstić information content (AvgIpc) is 2.32. The lowest BCUT2D eigenvalue weighted by Crippen LogP contribution is -2.29. The first-order valence-corrected chi connectivity index (χ1v) is 7.05. The summed E-state index contributed by atoms with van der Waals surface area (Å²) >= 11 is 12.3. The fourth-order valence-corrected chi connectivity index (χ4v) is 2.36. The van der Waals surface area contributed by atoms with E-state index in [0.29, 0.717) is 28.0 Å². The molecule has 0 aromatic heterocycles. The van der Waals surface area contributed by atoms with Crippen LogP contribution in [0.25, 0.3) is 0 Å². The van der Waals surface area contributed by atoms with Crippen molar-refractivity contribution in [1.29, 1.82) is 0 Å². The molecule has 4 nitrogen and oxygen atoms in total. The van der Waals surface area contributed by atoms with Crippen molar-refractivity contribution in [1.82, 2.24) is 0 Å². The van der Waals surface area contributed by atoms with Gasteiger partial charge < -0.3 is 15.6 Å². The van der Waals surface area contributed by atoms with Gasteiger partial charge in [0.15, 0.2) is 0 Å². The molecule has 0 bridgehead atoms. The van der Waals surface area contributed by atoms with Gasteiger partial charge in [-0.25, -0.2) is 0 Å². The van der Waals surface area contributed by atoms with Crippen molar-refractivity contribution in [2.75, 3.05) is 6.61 Å². The third-order valence-corrected chi connectivity index (χ3v) is 3.68. The maximum atomic E-state index is 11.1. The Labute approximate surface area is 128 Å². The number of carbonyl (C=O) groups is 1. The molecule has 1 unspecified atom stereocenters. The molecule has 3 N–H and O–H groups in total. The van der Waals surface area contributed by atoms with Crippen molar-refractivity contribution in [3.8, 4) is 5.75 Å². The number of hydrogen-bond acceptors (Lipinski definition) is 3. The van der Waals surface area contributed by atoms with Crippen LogP contribution in [0, 0.1) is 5.41 Å². The standard InChI is InChI=1S/C14H19Cl2NO3/c1-4-20-12-6-9(15)8(5-10(12)16)11(17)7-14(2,3)13(18)19/h5-6,11H,4,7,17H2,1-3H3,(H,18,19). The highest BCUT2D eigenvalue weighted by molar-refractivity contribution is 6.34. The summed E-state index contributed by atoms with van der Waals surface area (Å²) in [7, 11) is 0. The summed E-state index contributed by atoms with van der Waals surface area (Å²) in [5, 5.41) is 9.98. The van der Waals surface area contributed by atoms with E-state index in [1.807, 2.05) is 6.92 Å². The first kappa shape index (κ1) is 17.1. The second kappa shape index (κ2) is 6.66. The highest BCUT2D eigenvalue weighted by Crippen LogP contribution is 2.37. The molecule has 0 aliphatic heterocycles. The predicted octanol–water partition coefficient (Wildman–Crippen LogP) is 3.89. The summed E-state index contributed by atoms with van der Waals surface area (Å²) in [5.74, 6) is -0.409. The molecule has 0 radical (unpaired) electrons. The van der Waals surface area contributed by atoms with E-state index in [1.54, 1.807) is 26.0 Å². The molecule has 0 spiro atoms. The smallest absolute Gasteiger partial charge is 0.309 e. The zero-order valence-corrected chi connectivity index (χ0v) is 13.3. The van der Waals surface area contributed by atoms with Gasteiger partial charge >= 0.3 is 5.97 Å². The van der Waals surface area contributed by atoms with Gasteiger partial charge in [0.2, 0.25) is 0 Å². The third kappa shape index (κ3) is 4.01. The van der Waals surface area contributed by atoms with Crippen molar-refractivity contribution in [2.45, 2.75) is 33.2 Å². The van der Waals surface area contributed by atoms with Crippen LogP contribution >= 0.6 is 23.2 Å². The summed E-state index contributed by atoms with van der Waals surface area (Å²) < 4.78 is 5.34. The van der Waals surface area contributed by atoms with Gasteiger partial charge in [-0.3, -0.25) is 4.79 Å². The zero-order valence-electron chi connectivity index (χ0n) is 11.7. The first-order valence-electron chi connectivity index (χ1n) is 6.29. The minimum absolute atomic E-state index is 0.256. The molecule has 0 fully saturated rings. The van der Waals surface area contributed by atoms with Crippen LogP contribution < -0.4 is 10.5 Å². The van der Waals surface area contributed by atoms with Gasteiger partial charge in [0, 0.05) is 17.1 Å². The minimum atomic E-state index is -0.937. The summed E-state index contributed by atoms with van der Waals surface area (Å²) in [6, 6.07) is 2.73. The summed E-state index contributed by atoms with van der Waals surface area (Å²) in [5.41, 5.74) is 5.75. The number of aliphatic carboxylic acids is 1. The van der Waals surface area contributed by atoms with E-state index in [1.165, 1.54) is 0 Å². The monoisotopic (exact) mass is 319 g/mol. The topological polar surface area (TPSA) is 72.5 Å².